The second-order valence-corrected chi connectivity index (χ2v) is 4.88. The average molecular weight is 241 g/mol. The lowest BCUT2D eigenvalue weighted by Gasteiger charge is -2.16. The number of imidazole rings is 1. The van der Waals surface area contributed by atoms with Crippen molar-refractivity contribution in [3.63, 3.8) is 0 Å². The number of rotatable bonds is 2. The van der Waals surface area contributed by atoms with Gasteiger partial charge >= 0.3 is 0 Å². The maximum absolute atomic E-state index is 4.78. The van der Waals surface area contributed by atoms with Gasteiger partial charge < -0.3 is 9.88 Å². The van der Waals surface area contributed by atoms with Crippen LogP contribution in [0, 0.1) is 6.92 Å². The number of nitrogens with zero attached hydrogens (tertiary/aromatic N) is 2. The van der Waals surface area contributed by atoms with Crippen molar-refractivity contribution in [2.75, 3.05) is 6.54 Å². The molecular formula is C15H19N3. The second-order valence-electron chi connectivity index (χ2n) is 4.88. The van der Waals surface area contributed by atoms with Crippen LogP contribution in [0.4, 0.5) is 0 Å². The first-order chi connectivity index (χ1) is 8.79. The van der Waals surface area contributed by atoms with Crippen molar-refractivity contribution < 1.29 is 0 Å². The summed E-state index contributed by atoms with van der Waals surface area (Å²) in [6, 6.07) is 8.68. The van der Waals surface area contributed by atoms with Crippen molar-refractivity contribution in [3.05, 3.63) is 47.0 Å². The maximum Gasteiger partial charge on any atom is 0.113 e. The summed E-state index contributed by atoms with van der Waals surface area (Å²) in [6.07, 6.45) is 2.04. The Bertz CT molecular complexity index is 569. The van der Waals surface area contributed by atoms with E-state index < -0.39 is 0 Å². The molecule has 1 aromatic heterocycles. The molecule has 1 aromatic carbocycles. The third-order valence-corrected chi connectivity index (χ3v) is 3.53. The molecule has 3 nitrogen and oxygen atoms in total. The first-order valence-corrected chi connectivity index (χ1v) is 6.66. The summed E-state index contributed by atoms with van der Waals surface area (Å²) >= 11 is 0. The summed E-state index contributed by atoms with van der Waals surface area (Å²) < 4.78 is 2.35. The van der Waals surface area contributed by atoms with Gasteiger partial charge in [-0.15, -0.1) is 0 Å². The lowest BCUT2D eigenvalue weighted by atomic mass is 10.1. The molecule has 0 bridgehead atoms. The molecule has 1 aliphatic rings. The number of hydrogen-bond donors (Lipinski definition) is 1. The fourth-order valence-electron chi connectivity index (χ4n) is 2.68. The predicted molar refractivity (Wildman–Crippen MR) is 73.1 cm³/mol. The van der Waals surface area contributed by atoms with Crippen molar-refractivity contribution >= 4 is 0 Å². The average Bonchev–Trinajstić information content (AvgIpc) is 2.77. The van der Waals surface area contributed by atoms with Crippen LogP contribution >= 0.6 is 0 Å². The highest BCUT2D eigenvalue weighted by Crippen LogP contribution is 2.22. The molecule has 3 heteroatoms. The Balaban J connectivity index is 2.18. The molecule has 0 radical (unpaired) electrons. The minimum atomic E-state index is 0.904. The van der Waals surface area contributed by atoms with Gasteiger partial charge in [0.2, 0.25) is 0 Å². The predicted octanol–water partition coefficient (Wildman–Crippen LogP) is 2.39. The molecular weight excluding hydrogens is 222 g/mol. The van der Waals surface area contributed by atoms with Crippen molar-refractivity contribution in [3.8, 4) is 5.69 Å². The molecule has 18 heavy (non-hydrogen) atoms. The van der Waals surface area contributed by atoms with E-state index in [9.17, 15) is 0 Å². The summed E-state index contributed by atoms with van der Waals surface area (Å²) in [7, 11) is 0. The van der Waals surface area contributed by atoms with E-state index >= 15 is 0 Å². The first-order valence-electron chi connectivity index (χ1n) is 6.66. The zero-order chi connectivity index (χ0) is 12.5. The molecule has 0 saturated heterocycles. The van der Waals surface area contributed by atoms with Crippen LogP contribution in [0.5, 0.6) is 0 Å². The van der Waals surface area contributed by atoms with E-state index in [0.29, 0.717) is 0 Å². The smallest absolute Gasteiger partial charge is 0.113 e. The van der Waals surface area contributed by atoms with Gasteiger partial charge in [-0.2, -0.15) is 0 Å². The van der Waals surface area contributed by atoms with Crippen LogP contribution in [0.2, 0.25) is 0 Å². The first kappa shape index (κ1) is 11.5. The van der Waals surface area contributed by atoms with Crippen molar-refractivity contribution in [1.82, 2.24) is 14.9 Å². The van der Waals surface area contributed by atoms with E-state index in [2.05, 4.69) is 48.0 Å². The van der Waals surface area contributed by atoms with E-state index in [-0.39, 0.29) is 0 Å². The number of hydrogen-bond acceptors (Lipinski definition) is 2. The SMILES string of the molecule is CCc1nc2c(n1-c1cccc(C)c1)CCNC2. The molecule has 0 unspecified atom stereocenters. The minimum absolute atomic E-state index is 0.904. The number of aromatic nitrogens is 2. The standard InChI is InChI=1S/C15H19N3/c1-3-15-17-13-10-16-8-7-14(13)18(15)12-6-4-5-11(2)9-12/h4-6,9,16H,3,7-8,10H2,1-2H3. The molecule has 1 aliphatic heterocycles. The Morgan fingerprint density at radius 2 is 2.28 bits per heavy atom. The molecule has 2 aromatic rings. The van der Waals surface area contributed by atoms with Gasteiger partial charge in [0.15, 0.2) is 0 Å². The largest absolute Gasteiger partial charge is 0.311 e. The molecule has 0 saturated carbocycles. The van der Waals surface area contributed by atoms with E-state index in [1.807, 2.05) is 0 Å². The van der Waals surface area contributed by atoms with Crippen LogP contribution in [0.15, 0.2) is 24.3 Å². The van der Waals surface area contributed by atoms with Crippen LogP contribution in [0.3, 0.4) is 0 Å². The molecule has 0 amide bonds. The fraction of sp³-hybridized carbons (Fsp3) is 0.400. The number of benzene rings is 1. The highest BCUT2D eigenvalue weighted by molar-refractivity contribution is 5.40. The number of fused-ring (bicyclic) bond motifs is 1. The topological polar surface area (TPSA) is 29.9 Å². The number of nitrogens with one attached hydrogen (secondary N) is 1. The minimum Gasteiger partial charge on any atom is -0.311 e. The van der Waals surface area contributed by atoms with E-state index in [1.54, 1.807) is 0 Å². The fourth-order valence-corrected chi connectivity index (χ4v) is 2.68. The third-order valence-electron chi connectivity index (χ3n) is 3.53. The zero-order valence-corrected chi connectivity index (χ0v) is 11.0. The lowest BCUT2D eigenvalue weighted by Crippen LogP contribution is -2.24. The zero-order valence-electron chi connectivity index (χ0n) is 11.0. The molecule has 0 aliphatic carbocycles. The molecule has 1 N–H and O–H groups in total. The van der Waals surface area contributed by atoms with E-state index in [0.717, 1.165) is 25.9 Å². The summed E-state index contributed by atoms with van der Waals surface area (Å²) in [4.78, 5) is 4.78. The van der Waals surface area contributed by atoms with Crippen molar-refractivity contribution in [1.29, 1.82) is 0 Å². The van der Waals surface area contributed by atoms with Gasteiger partial charge in [-0.05, 0) is 24.6 Å². The van der Waals surface area contributed by atoms with Crippen LogP contribution in [0.1, 0.15) is 29.7 Å². The molecule has 0 fully saturated rings. The molecule has 0 spiro atoms. The lowest BCUT2D eigenvalue weighted by molar-refractivity contribution is 0.620. The van der Waals surface area contributed by atoms with Gasteiger partial charge in [-0.1, -0.05) is 19.1 Å². The summed E-state index contributed by atoms with van der Waals surface area (Å²) in [5, 5.41) is 3.39. The number of aryl methyl sites for hydroxylation is 2. The van der Waals surface area contributed by atoms with Gasteiger partial charge in [0, 0.05) is 37.3 Å². The molecule has 0 atom stereocenters. The summed E-state index contributed by atoms with van der Waals surface area (Å²) in [6.45, 7) is 6.27. The quantitative estimate of drug-likeness (QED) is 0.875. The van der Waals surface area contributed by atoms with E-state index in [1.165, 1.54) is 28.5 Å². The molecule has 3 rings (SSSR count). The monoisotopic (exact) mass is 241 g/mol. The summed E-state index contributed by atoms with van der Waals surface area (Å²) in [5.41, 5.74) is 5.16. The second kappa shape index (κ2) is 4.58. The summed E-state index contributed by atoms with van der Waals surface area (Å²) in [5.74, 6) is 1.18. The maximum atomic E-state index is 4.78. The van der Waals surface area contributed by atoms with Crippen LogP contribution in [-0.4, -0.2) is 16.1 Å². The van der Waals surface area contributed by atoms with Gasteiger partial charge in [0.1, 0.15) is 5.82 Å². The molecule has 94 valence electrons. The third kappa shape index (κ3) is 1.85. The Kier molecular flexibility index (Phi) is 2.92. The van der Waals surface area contributed by atoms with Crippen molar-refractivity contribution in [2.24, 2.45) is 0 Å². The van der Waals surface area contributed by atoms with Gasteiger partial charge in [-0.3, -0.25) is 0 Å². The van der Waals surface area contributed by atoms with Crippen molar-refractivity contribution in [2.45, 2.75) is 33.2 Å². The van der Waals surface area contributed by atoms with Gasteiger partial charge in [0.05, 0.1) is 5.69 Å². The van der Waals surface area contributed by atoms with E-state index in [4.69, 9.17) is 4.98 Å². The Morgan fingerprint density at radius 3 is 3.06 bits per heavy atom. The van der Waals surface area contributed by atoms with Gasteiger partial charge in [0.25, 0.3) is 0 Å². The van der Waals surface area contributed by atoms with Crippen LogP contribution in [-0.2, 0) is 19.4 Å². The normalized spacial score (nSPS) is 14.6. The molecule has 2 heterocycles. The van der Waals surface area contributed by atoms with Gasteiger partial charge in [-0.25, -0.2) is 4.98 Å². The highest BCUT2D eigenvalue weighted by Gasteiger charge is 2.19. The Labute approximate surface area is 108 Å². The van der Waals surface area contributed by atoms with Crippen LogP contribution < -0.4 is 5.32 Å². The Morgan fingerprint density at radius 1 is 1.39 bits per heavy atom. The Hall–Kier alpha value is -1.61. The highest BCUT2D eigenvalue weighted by atomic mass is 15.1. The van der Waals surface area contributed by atoms with Crippen LogP contribution in [0.25, 0.3) is 5.69 Å².